The van der Waals surface area contributed by atoms with E-state index in [1.54, 1.807) is 0 Å². The van der Waals surface area contributed by atoms with Crippen LogP contribution < -0.4 is 5.32 Å². The van der Waals surface area contributed by atoms with Gasteiger partial charge >= 0.3 is 0 Å². The Bertz CT molecular complexity index is 569. The molecule has 2 heterocycles. The van der Waals surface area contributed by atoms with Crippen LogP contribution in [0.1, 0.15) is 26.2 Å². The molecule has 1 N–H and O–H groups in total. The van der Waals surface area contributed by atoms with Crippen LogP contribution in [0.3, 0.4) is 0 Å². The molecular formula is C16H24N4. The van der Waals surface area contributed by atoms with Crippen LogP contribution >= 0.6 is 0 Å². The largest absolute Gasteiger partial charge is 0.354 e. The number of aromatic nitrogens is 2. The van der Waals surface area contributed by atoms with Crippen LogP contribution in [0.5, 0.6) is 0 Å². The van der Waals surface area contributed by atoms with Crippen molar-refractivity contribution in [1.82, 2.24) is 14.5 Å². The standard InChI is InChI=1S/C16H24N4/c1-13(20-10-6-3-7-11-20)12-17-16-18-14-8-4-5-9-15(14)19(16)2/h4-5,8-9,13H,3,6-7,10-12H2,1-2H3,(H,17,18). The van der Waals surface area contributed by atoms with Crippen molar-refractivity contribution in [2.75, 3.05) is 25.0 Å². The Hall–Kier alpha value is -1.55. The van der Waals surface area contributed by atoms with Gasteiger partial charge in [0.1, 0.15) is 0 Å². The zero-order chi connectivity index (χ0) is 13.9. The number of rotatable bonds is 4. The predicted octanol–water partition coefficient (Wildman–Crippen LogP) is 2.86. The number of piperidine rings is 1. The minimum atomic E-state index is 0.565. The van der Waals surface area contributed by atoms with Gasteiger partial charge in [0.05, 0.1) is 11.0 Å². The molecule has 2 aromatic rings. The minimum Gasteiger partial charge on any atom is -0.354 e. The van der Waals surface area contributed by atoms with Crippen molar-refractivity contribution in [3.8, 4) is 0 Å². The number of nitrogens with one attached hydrogen (secondary N) is 1. The van der Waals surface area contributed by atoms with Gasteiger partial charge in [-0.15, -0.1) is 0 Å². The van der Waals surface area contributed by atoms with Crippen molar-refractivity contribution in [2.45, 2.75) is 32.2 Å². The summed E-state index contributed by atoms with van der Waals surface area (Å²) in [5, 5.41) is 3.51. The first-order valence-electron chi connectivity index (χ1n) is 7.65. The number of aryl methyl sites for hydroxylation is 1. The lowest BCUT2D eigenvalue weighted by Gasteiger charge is -2.32. The molecule has 4 nitrogen and oxygen atoms in total. The Morgan fingerprint density at radius 2 is 1.95 bits per heavy atom. The van der Waals surface area contributed by atoms with E-state index in [2.05, 4.69) is 51.9 Å². The highest BCUT2D eigenvalue weighted by atomic mass is 15.2. The predicted molar refractivity (Wildman–Crippen MR) is 84.1 cm³/mol. The molecular weight excluding hydrogens is 248 g/mol. The van der Waals surface area contributed by atoms with Crippen LogP contribution in [0.25, 0.3) is 11.0 Å². The molecule has 1 fully saturated rings. The second-order valence-corrected chi connectivity index (χ2v) is 5.81. The van der Waals surface area contributed by atoms with E-state index in [0.717, 1.165) is 18.0 Å². The molecule has 1 aliphatic heterocycles. The van der Waals surface area contributed by atoms with Crippen LogP contribution in [-0.4, -0.2) is 40.1 Å². The summed E-state index contributed by atoms with van der Waals surface area (Å²) >= 11 is 0. The highest BCUT2D eigenvalue weighted by Crippen LogP contribution is 2.18. The molecule has 4 heteroatoms. The van der Waals surface area contributed by atoms with Gasteiger partial charge in [0.25, 0.3) is 0 Å². The fourth-order valence-corrected chi connectivity index (χ4v) is 3.03. The van der Waals surface area contributed by atoms with E-state index in [4.69, 9.17) is 0 Å². The van der Waals surface area contributed by atoms with Crippen molar-refractivity contribution >= 4 is 17.0 Å². The number of benzene rings is 1. The Balaban J connectivity index is 1.65. The lowest BCUT2D eigenvalue weighted by Crippen LogP contribution is -2.41. The summed E-state index contributed by atoms with van der Waals surface area (Å²) in [4.78, 5) is 7.25. The van der Waals surface area contributed by atoms with Crippen molar-refractivity contribution in [2.24, 2.45) is 7.05 Å². The highest BCUT2D eigenvalue weighted by Gasteiger charge is 2.17. The van der Waals surface area contributed by atoms with Crippen LogP contribution in [0.2, 0.25) is 0 Å². The molecule has 20 heavy (non-hydrogen) atoms. The van der Waals surface area contributed by atoms with E-state index >= 15 is 0 Å². The monoisotopic (exact) mass is 272 g/mol. The zero-order valence-electron chi connectivity index (χ0n) is 12.5. The summed E-state index contributed by atoms with van der Waals surface area (Å²) in [6.07, 6.45) is 4.08. The topological polar surface area (TPSA) is 33.1 Å². The van der Waals surface area contributed by atoms with Gasteiger partial charge in [0.15, 0.2) is 0 Å². The zero-order valence-corrected chi connectivity index (χ0v) is 12.5. The fourth-order valence-electron chi connectivity index (χ4n) is 3.03. The minimum absolute atomic E-state index is 0.565. The molecule has 1 saturated heterocycles. The third kappa shape index (κ3) is 2.66. The maximum absolute atomic E-state index is 4.66. The number of para-hydroxylation sites is 2. The Labute approximate surface area is 120 Å². The summed E-state index contributed by atoms with van der Waals surface area (Å²) in [5.41, 5.74) is 2.24. The first kappa shape index (κ1) is 13.4. The maximum atomic E-state index is 4.66. The van der Waals surface area contributed by atoms with E-state index in [-0.39, 0.29) is 0 Å². The molecule has 1 aliphatic rings. The van der Waals surface area contributed by atoms with Crippen LogP contribution in [0, 0.1) is 0 Å². The summed E-state index contributed by atoms with van der Waals surface area (Å²) in [6, 6.07) is 8.84. The molecule has 108 valence electrons. The lowest BCUT2D eigenvalue weighted by atomic mass is 10.1. The molecule has 1 unspecified atom stereocenters. The first-order valence-corrected chi connectivity index (χ1v) is 7.65. The van der Waals surface area contributed by atoms with Crippen LogP contribution in [-0.2, 0) is 7.05 Å². The van der Waals surface area contributed by atoms with Gasteiger partial charge in [-0.1, -0.05) is 18.6 Å². The number of hydrogen-bond donors (Lipinski definition) is 1. The quantitative estimate of drug-likeness (QED) is 0.929. The van der Waals surface area contributed by atoms with Crippen molar-refractivity contribution in [3.05, 3.63) is 24.3 Å². The number of anilines is 1. The molecule has 0 spiro atoms. The summed E-state index contributed by atoms with van der Waals surface area (Å²) in [6.45, 7) is 5.74. The van der Waals surface area contributed by atoms with Gasteiger partial charge in [-0.25, -0.2) is 4.98 Å². The van der Waals surface area contributed by atoms with E-state index in [1.165, 1.54) is 37.9 Å². The van der Waals surface area contributed by atoms with E-state index < -0.39 is 0 Å². The second kappa shape index (κ2) is 5.83. The Morgan fingerprint density at radius 1 is 1.20 bits per heavy atom. The van der Waals surface area contributed by atoms with Gasteiger partial charge in [-0.05, 0) is 45.0 Å². The number of likely N-dealkylation sites (tertiary alicyclic amines) is 1. The third-order valence-electron chi connectivity index (χ3n) is 4.36. The Morgan fingerprint density at radius 3 is 2.70 bits per heavy atom. The smallest absolute Gasteiger partial charge is 0.203 e. The SMILES string of the molecule is CC(CNc1nc2ccccc2n1C)N1CCCCC1. The number of nitrogens with zero attached hydrogens (tertiary/aromatic N) is 3. The van der Waals surface area contributed by atoms with Crippen molar-refractivity contribution in [1.29, 1.82) is 0 Å². The van der Waals surface area contributed by atoms with Gasteiger partial charge in [-0.2, -0.15) is 0 Å². The Kier molecular flexibility index (Phi) is 3.92. The third-order valence-corrected chi connectivity index (χ3v) is 4.36. The van der Waals surface area contributed by atoms with E-state index in [0.29, 0.717) is 6.04 Å². The average molecular weight is 272 g/mol. The van der Waals surface area contributed by atoms with Crippen molar-refractivity contribution < 1.29 is 0 Å². The normalized spacial score (nSPS) is 18.3. The summed E-state index contributed by atoms with van der Waals surface area (Å²) in [5.74, 6) is 0.968. The molecule has 0 aliphatic carbocycles. The van der Waals surface area contributed by atoms with E-state index in [1.807, 2.05) is 6.07 Å². The number of hydrogen-bond acceptors (Lipinski definition) is 3. The van der Waals surface area contributed by atoms with Gasteiger partial charge in [0, 0.05) is 19.6 Å². The van der Waals surface area contributed by atoms with Crippen LogP contribution in [0.15, 0.2) is 24.3 Å². The van der Waals surface area contributed by atoms with E-state index in [9.17, 15) is 0 Å². The van der Waals surface area contributed by atoms with Crippen LogP contribution in [0.4, 0.5) is 5.95 Å². The van der Waals surface area contributed by atoms with Gasteiger partial charge < -0.3 is 9.88 Å². The molecule has 0 radical (unpaired) electrons. The molecule has 1 atom stereocenters. The number of imidazole rings is 1. The van der Waals surface area contributed by atoms with Crippen molar-refractivity contribution in [3.63, 3.8) is 0 Å². The average Bonchev–Trinajstić information content (AvgIpc) is 2.83. The summed E-state index contributed by atoms with van der Waals surface area (Å²) in [7, 11) is 2.07. The molecule has 3 rings (SSSR count). The molecule has 0 saturated carbocycles. The lowest BCUT2D eigenvalue weighted by molar-refractivity contribution is 0.180. The fraction of sp³-hybridized carbons (Fsp3) is 0.562. The molecule has 0 amide bonds. The molecule has 1 aromatic heterocycles. The molecule has 1 aromatic carbocycles. The summed E-state index contributed by atoms with van der Waals surface area (Å²) < 4.78 is 2.14. The number of fused-ring (bicyclic) bond motifs is 1. The van der Waals surface area contributed by atoms with Gasteiger partial charge in [0.2, 0.25) is 5.95 Å². The second-order valence-electron chi connectivity index (χ2n) is 5.81. The van der Waals surface area contributed by atoms with Gasteiger partial charge in [-0.3, -0.25) is 4.90 Å². The maximum Gasteiger partial charge on any atom is 0.203 e. The highest BCUT2D eigenvalue weighted by molar-refractivity contribution is 5.78. The first-order chi connectivity index (χ1) is 9.75. The molecule has 0 bridgehead atoms.